The van der Waals surface area contributed by atoms with E-state index in [9.17, 15) is 0 Å². The molecule has 3 aromatic rings. The van der Waals surface area contributed by atoms with Crippen molar-refractivity contribution < 1.29 is 9.15 Å². The minimum absolute atomic E-state index is 0.274. The molecule has 7 heteroatoms. The van der Waals surface area contributed by atoms with Crippen LogP contribution in [0.1, 0.15) is 11.5 Å². The number of ether oxygens (including phenoxy) is 1. The van der Waals surface area contributed by atoms with Gasteiger partial charge in [-0.1, -0.05) is 41.1 Å². The van der Waals surface area contributed by atoms with E-state index in [1.165, 1.54) is 10.5 Å². The van der Waals surface area contributed by atoms with E-state index in [0.29, 0.717) is 11.1 Å². The lowest BCUT2D eigenvalue weighted by Crippen LogP contribution is -1.95. The molecule has 3 rings (SSSR count). The number of halogens is 1. The highest BCUT2D eigenvalue weighted by atomic mass is 35.5. The molecule has 0 saturated carbocycles. The van der Waals surface area contributed by atoms with Crippen LogP contribution in [0.2, 0.25) is 5.02 Å². The molecule has 0 amide bonds. The number of hydrogen-bond acceptors (Lipinski definition) is 6. The molecular formula is C18H17ClN2O2S2. The van der Waals surface area contributed by atoms with Gasteiger partial charge in [0.05, 0.1) is 0 Å². The maximum absolute atomic E-state index is 5.88. The first kappa shape index (κ1) is 18.2. The van der Waals surface area contributed by atoms with Crippen molar-refractivity contribution in [2.24, 2.45) is 0 Å². The number of thioether (sulfide) groups is 2. The maximum Gasteiger partial charge on any atom is 0.276 e. The molecule has 2 aromatic carbocycles. The number of aryl methyl sites for hydroxylation is 1. The van der Waals surface area contributed by atoms with Crippen LogP contribution < -0.4 is 4.74 Å². The Labute approximate surface area is 160 Å². The zero-order valence-corrected chi connectivity index (χ0v) is 16.0. The molecule has 1 heterocycles. The monoisotopic (exact) mass is 392 g/mol. The van der Waals surface area contributed by atoms with Gasteiger partial charge in [-0.05, 0) is 43.3 Å². The van der Waals surface area contributed by atoms with Crippen molar-refractivity contribution in [1.29, 1.82) is 0 Å². The highest BCUT2D eigenvalue weighted by Crippen LogP contribution is 2.24. The van der Waals surface area contributed by atoms with Crippen LogP contribution in [0.5, 0.6) is 5.75 Å². The van der Waals surface area contributed by atoms with Gasteiger partial charge in [0.15, 0.2) is 6.61 Å². The predicted octanol–water partition coefficient (Wildman–Crippen LogP) is 5.49. The van der Waals surface area contributed by atoms with E-state index in [1.54, 1.807) is 23.5 Å². The second-order valence-electron chi connectivity index (χ2n) is 5.21. The van der Waals surface area contributed by atoms with E-state index in [-0.39, 0.29) is 6.61 Å². The van der Waals surface area contributed by atoms with Gasteiger partial charge in [0.25, 0.3) is 11.1 Å². The lowest BCUT2D eigenvalue weighted by molar-refractivity contribution is 0.252. The molecule has 0 aliphatic rings. The van der Waals surface area contributed by atoms with Crippen molar-refractivity contribution in [3.05, 3.63) is 65.0 Å². The average Bonchev–Trinajstić information content (AvgIpc) is 3.08. The number of rotatable bonds is 8. The van der Waals surface area contributed by atoms with Crippen LogP contribution in [0.4, 0.5) is 0 Å². The summed E-state index contributed by atoms with van der Waals surface area (Å²) in [7, 11) is 0. The molecular weight excluding hydrogens is 376 g/mol. The maximum atomic E-state index is 5.88. The topological polar surface area (TPSA) is 48.2 Å². The van der Waals surface area contributed by atoms with Gasteiger partial charge in [-0.2, -0.15) is 0 Å². The summed E-state index contributed by atoms with van der Waals surface area (Å²) in [6.07, 6.45) is 0. The first-order valence-electron chi connectivity index (χ1n) is 7.72. The molecule has 0 spiro atoms. The van der Waals surface area contributed by atoms with Crippen molar-refractivity contribution in [3.63, 3.8) is 0 Å². The van der Waals surface area contributed by atoms with E-state index in [2.05, 4.69) is 10.2 Å². The number of benzene rings is 2. The minimum Gasteiger partial charge on any atom is -0.484 e. The van der Waals surface area contributed by atoms with E-state index < -0.39 is 0 Å². The van der Waals surface area contributed by atoms with Gasteiger partial charge >= 0.3 is 0 Å². The average molecular weight is 393 g/mol. The predicted molar refractivity (Wildman–Crippen MR) is 103 cm³/mol. The Kier molecular flexibility index (Phi) is 6.67. The molecule has 0 aliphatic heterocycles. The van der Waals surface area contributed by atoms with Crippen LogP contribution in [0.25, 0.3) is 0 Å². The summed E-state index contributed by atoms with van der Waals surface area (Å²) in [4.78, 5) is 1.20. The Morgan fingerprint density at radius 3 is 2.44 bits per heavy atom. The van der Waals surface area contributed by atoms with Gasteiger partial charge in [0.1, 0.15) is 5.75 Å². The Bertz CT molecular complexity index is 792. The summed E-state index contributed by atoms with van der Waals surface area (Å²) in [5.74, 6) is 3.10. The van der Waals surface area contributed by atoms with E-state index in [1.807, 2.05) is 55.5 Å². The molecule has 0 fully saturated rings. The summed E-state index contributed by atoms with van der Waals surface area (Å²) >= 11 is 9.19. The van der Waals surface area contributed by atoms with E-state index in [0.717, 1.165) is 22.3 Å². The third-order valence-electron chi connectivity index (χ3n) is 3.22. The van der Waals surface area contributed by atoms with Gasteiger partial charge in [0.2, 0.25) is 0 Å². The number of nitrogens with zero attached hydrogens (tertiary/aromatic N) is 2. The molecule has 0 unspecified atom stereocenters. The van der Waals surface area contributed by atoms with E-state index in [4.69, 9.17) is 20.8 Å². The zero-order valence-electron chi connectivity index (χ0n) is 13.6. The van der Waals surface area contributed by atoms with Crippen LogP contribution in [0.15, 0.2) is 63.1 Å². The Morgan fingerprint density at radius 2 is 1.68 bits per heavy atom. The fraction of sp³-hybridized carbons (Fsp3) is 0.222. The molecule has 0 bridgehead atoms. The smallest absolute Gasteiger partial charge is 0.276 e. The normalized spacial score (nSPS) is 10.8. The van der Waals surface area contributed by atoms with Gasteiger partial charge in [-0.15, -0.1) is 22.0 Å². The molecule has 1 aromatic heterocycles. The Morgan fingerprint density at radius 1 is 0.960 bits per heavy atom. The van der Waals surface area contributed by atoms with Crippen LogP contribution in [-0.2, 0) is 6.61 Å². The Balaban J connectivity index is 1.39. The first-order chi connectivity index (χ1) is 12.2. The molecule has 25 heavy (non-hydrogen) atoms. The molecule has 0 aliphatic carbocycles. The first-order valence-corrected chi connectivity index (χ1v) is 10.1. The summed E-state index contributed by atoms with van der Waals surface area (Å²) < 4.78 is 11.2. The fourth-order valence-corrected chi connectivity index (χ4v) is 3.74. The lowest BCUT2D eigenvalue weighted by atomic mass is 10.2. The Hall–Kier alpha value is -1.63. The molecule has 130 valence electrons. The van der Waals surface area contributed by atoms with Gasteiger partial charge < -0.3 is 9.15 Å². The highest BCUT2D eigenvalue weighted by Gasteiger charge is 2.07. The van der Waals surface area contributed by atoms with Crippen molar-refractivity contribution >= 4 is 35.1 Å². The second kappa shape index (κ2) is 9.17. The summed E-state index contributed by atoms with van der Waals surface area (Å²) in [5.41, 5.74) is 1.19. The van der Waals surface area contributed by atoms with Crippen LogP contribution in [0, 0.1) is 6.92 Å². The number of aromatic nitrogens is 2. The van der Waals surface area contributed by atoms with Crippen molar-refractivity contribution in [2.45, 2.75) is 23.6 Å². The van der Waals surface area contributed by atoms with Gasteiger partial charge in [-0.3, -0.25) is 0 Å². The number of hydrogen-bond donors (Lipinski definition) is 0. The zero-order chi connectivity index (χ0) is 17.5. The van der Waals surface area contributed by atoms with Crippen LogP contribution >= 0.6 is 35.1 Å². The van der Waals surface area contributed by atoms with E-state index >= 15 is 0 Å². The second-order valence-corrected chi connectivity index (χ2v) is 7.87. The summed E-state index contributed by atoms with van der Waals surface area (Å²) in [5, 5.41) is 9.37. The van der Waals surface area contributed by atoms with Crippen molar-refractivity contribution in [1.82, 2.24) is 10.2 Å². The van der Waals surface area contributed by atoms with Crippen molar-refractivity contribution in [3.8, 4) is 5.75 Å². The third-order valence-corrected chi connectivity index (χ3v) is 5.57. The molecule has 0 radical (unpaired) electrons. The molecule has 4 nitrogen and oxygen atoms in total. The largest absolute Gasteiger partial charge is 0.484 e. The van der Waals surface area contributed by atoms with Gasteiger partial charge in [-0.25, -0.2) is 0 Å². The standard InChI is InChI=1S/C18H17ClN2O2S2/c1-13-2-6-15(7-3-13)22-12-17-20-21-18(23-17)25-11-10-24-16-8-4-14(19)5-9-16/h2-9H,10-12H2,1H3. The van der Waals surface area contributed by atoms with Crippen LogP contribution in [0.3, 0.4) is 0 Å². The molecule has 0 N–H and O–H groups in total. The van der Waals surface area contributed by atoms with Crippen molar-refractivity contribution in [2.75, 3.05) is 11.5 Å². The highest BCUT2D eigenvalue weighted by molar-refractivity contribution is 8.02. The lowest BCUT2D eigenvalue weighted by Gasteiger charge is -2.03. The molecule has 0 atom stereocenters. The summed E-state index contributed by atoms with van der Waals surface area (Å²) in [6.45, 7) is 2.31. The fourth-order valence-electron chi connectivity index (χ4n) is 1.95. The minimum atomic E-state index is 0.274. The third kappa shape index (κ3) is 5.99. The quantitative estimate of drug-likeness (QED) is 0.373. The van der Waals surface area contributed by atoms with Crippen LogP contribution in [-0.4, -0.2) is 21.7 Å². The SMILES string of the molecule is Cc1ccc(OCc2nnc(SCCSc3ccc(Cl)cc3)o2)cc1. The molecule has 0 saturated heterocycles. The van der Waals surface area contributed by atoms with Gasteiger partial charge in [0, 0.05) is 21.4 Å². The summed E-state index contributed by atoms with van der Waals surface area (Å²) in [6, 6.07) is 15.7.